The first-order valence-electron chi connectivity index (χ1n) is 8.31. The highest BCUT2D eigenvalue weighted by Crippen LogP contribution is 2.49. The molecule has 6 heteroatoms. The van der Waals surface area contributed by atoms with Gasteiger partial charge in [0.05, 0.1) is 7.11 Å². The number of aromatic hydroxyl groups is 1. The normalized spacial score (nSPS) is 28.0. The van der Waals surface area contributed by atoms with E-state index in [9.17, 15) is 14.7 Å². The highest BCUT2D eigenvalue weighted by atomic mass is 16.6. The summed E-state index contributed by atoms with van der Waals surface area (Å²) < 4.78 is 15.9. The van der Waals surface area contributed by atoms with Crippen molar-refractivity contribution in [2.45, 2.75) is 38.2 Å². The Labute approximate surface area is 146 Å². The fraction of sp³-hybridized carbons (Fsp3) is 0.474. The second kappa shape index (κ2) is 6.43. The van der Waals surface area contributed by atoms with Crippen molar-refractivity contribution in [2.75, 3.05) is 13.7 Å². The molecule has 1 aromatic rings. The molecule has 6 nitrogen and oxygen atoms in total. The Morgan fingerprint density at radius 3 is 2.68 bits per heavy atom. The van der Waals surface area contributed by atoms with Crippen LogP contribution in [0.2, 0.25) is 0 Å². The van der Waals surface area contributed by atoms with Gasteiger partial charge in [-0.15, -0.1) is 0 Å². The molecule has 0 radical (unpaired) electrons. The Morgan fingerprint density at radius 1 is 1.32 bits per heavy atom. The molecule has 1 aliphatic carbocycles. The first-order chi connectivity index (χ1) is 11.9. The zero-order valence-electron chi connectivity index (χ0n) is 14.4. The van der Waals surface area contributed by atoms with Gasteiger partial charge in [-0.2, -0.15) is 0 Å². The maximum atomic E-state index is 12.3. The summed E-state index contributed by atoms with van der Waals surface area (Å²) in [5, 5.41) is 10.0. The van der Waals surface area contributed by atoms with E-state index >= 15 is 0 Å². The molecule has 4 rings (SSSR count). The lowest BCUT2D eigenvalue weighted by Crippen LogP contribution is -2.55. The van der Waals surface area contributed by atoms with Crippen LogP contribution in [0.15, 0.2) is 24.3 Å². The smallest absolute Gasteiger partial charge is 0.330 e. The average molecular weight is 346 g/mol. The highest BCUT2D eigenvalue weighted by molar-refractivity contribution is 5.87. The molecule has 0 spiro atoms. The molecule has 1 saturated carbocycles. The molecule has 2 saturated heterocycles. The summed E-state index contributed by atoms with van der Waals surface area (Å²) in [7, 11) is 1.30. The second-order valence-electron chi connectivity index (χ2n) is 6.99. The zero-order chi connectivity index (χ0) is 18.1. The van der Waals surface area contributed by atoms with E-state index in [2.05, 4.69) is 4.74 Å². The van der Waals surface area contributed by atoms with Crippen molar-refractivity contribution in [3.8, 4) is 11.5 Å². The Kier molecular flexibility index (Phi) is 4.45. The van der Waals surface area contributed by atoms with Gasteiger partial charge >= 0.3 is 11.9 Å². The van der Waals surface area contributed by atoms with Crippen LogP contribution in [0, 0.1) is 5.41 Å². The monoisotopic (exact) mass is 346 g/mol. The summed E-state index contributed by atoms with van der Waals surface area (Å²) in [6, 6.07) is 4.76. The first-order valence-corrected chi connectivity index (χ1v) is 8.31. The minimum Gasteiger partial charge on any atom is -0.504 e. The van der Waals surface area contributed by atoms with Crippen LogP contribution >= 0.6 is 0 Å². The Balaban J connectivity index is 1.72. The molecule has 1 aromatic carbocycles. The lowest BCUT2D eigenvalue weighted by molar-refractivity contribution is -0.203. The van der Waals surface area contributed by atoms with Gasteiger partial charge in [-0.25, -0.2) is 4.79 Å². The van der Waals surface area contributed by atoms with Crippen LogP contribution in [0.4, 0.5) is 0 Å². The van der Waals surface area contributed by atoms with Crippen LogP contribution in [-0.4, -0.2) is 36.4 Å². The minimum absolute atomic E-state index is 0.0172. The first kappa shape index (κ1) is 17.3. The van der Waals surface area contributed by atoms with Gasteiger partial charge in [-0.05, 0) is 56.4 Å². The lowest BCUT2D eigenvalue weighted by atomic mass is 9.66. The van der Waals surface area contributed by atoms with Gasteiger partial charge in [0.1, 0.15) is 17.6 Å². The molecular weight excluding hydrogens is 324 g/mol. The third-order valence-electron chi connectivity index (χ3n) is 5.14. The third kappa shape index (κ3) is 3.48. The second-order valence-corrected chi connectivity index (χ2v) is 6.99. The largest absolute Gasteiger partial charge is 0.504 e. The van der Waals surface area contributed by atoms with E-state index in [0.29, 0.717) is 5.56 Å². The van der Waals surface area contributed by atoms with Gasteiger partial charge in [0.2, 0.25) is 0 Å². The summed E-state index contributed by atoms with van der Waals surface area (Å²) >= 11 is 0. The zero-order valence-corrected chi connectivity index (χ0v) is 14.4. The molecule has 3 aliphatic rings. The van der Waals surface area contributed by atoms with Crippen molar-refractivity contribution in [3.63, 3.8) is 0 Å². The van der Waals surface area contributed by atoms with Crippen molar-refractivity contribution in [3.05, 3.63) is 29.8 Å². The number of phenolic OH excluding ortho intramolecular Hbond substituents is 1. The van der Waals surface area contributed by atoms with E-state index in [1.807, 2.05) is 6.92 Å². The van der Waals surface area contributed by atoms with Gasteiger partial charge in [0.25, 0.3) is 0 Å². The Hall–Kier alpha value is -2.50. The quantitative estimate of drug-likeness (QED) is 0.652. The summed E-state index contributed by atoms with van der Waals surface area (Å²) in [4.78, 5) is 23.5. The van der Waals surface area contributed by atoms with Crippen molar-refractivity contribution in [2.24, 2.45) is 5.41 Å². The van der Waals surface area contributed by atoms with Crippen molar-refractivity contribution >= 4 is 18.0 Å². The van der Waals surface area contributed by atoms with E-state index in [-0.39, 0.29) is 29.7 Å². The molecule has 0 amide bonds. The number of ether oxygens (including phenoxy) is 3. The fourth-order valence-electron chi connectivity index (χ4n) is 3.30. The number of phenols is 1. The van der Waals surface area contributed by atoms with Crippen LogP contribution in [0.1, 0.15) is 38.2 Å². The Morgan fingerprint density at radius 2 is 2.04 bits per heavy atom. The topological polar surface area (TPSA) is 82.1 Å². The molecular formula is C19H22O6. The number of hydrogen-bond acceptors (Lipinski definition) is 6. The number of carbonyl (C=O) groups excluding carboxylic acids is 2. The van der Waals surface area contributed by atoms with Crippen LogP contribution in [0.25, 0.3) is 6.08 Å². The average Bonchev–Trinajstić information content (AvgIpc) is 2.60. The number of methoxy groups -OCH3 is 1. The number of benzene rings is 1. The maximum absolute atomic E-state index is 12.3. The summed E-state index contributed by atoms with van der Waals surface area (Å²) in [5.74, 6) is -0.428. The molecule has 2 aliphatic heterocycles. The van der Waals surface area contributed by atoms with Crippen molar-refractivity contribution in [1.82, 2.24) is 0 Å². The summed E-state index contributed by atoms with van der Waals surface area (Å²) in [6.07, 6.45) is 5.97. The van der Waals surface area contributed by atoms with Crippen LogP contribution in [0.5, 0.6) is 11.5 Å². The number of carbonyl (C=O) groups is 2. The van der Waals surface area contributed by atoms with Crippen LogP contribution in [-0.2, 0) is 19.1 Å². The van der Waals surface area contributed by atoms with Gasteiger partial charge in [0, 0.05) is 6.08 Å². The van der Waals surface area contributed by atoms with E-state index < -0.39 is 11.4 Å². The van der Waals surface area contributed by atoms with Crippen molar-refractivity contribution < 1.29 is 28.9 Å². The predicted molar refractivity (Wildman–Crippen MR) is 90.0 cm³/mol. The number of hydrogen-bond donors (Lipinski definition) is 1. The van der Waals surface area contributed by atoms with E-state index in [4.69, 9.17) is 9.47 Å². The highest BCUT2D eigenvalue weighted by Gasteiger charge is 2.54. The molecule has 0 unspecified atom stereocenters. The number of esters is 2. The molecule has 2 heterocycles. The van der Waals surface area contributed by atoms with Crippen LogP contribution < -0.4 is 4.74 Å². The molecule has 1 N–H and O–H groups in total. The van der Waals surface area contributed by atoms with E-state index in [0.717, 1.165) is 25.7 Å². The maximum Gasteiger partial charge on any atom is 0.330 e. The van der Waals surface area contributed by atoms with E-state index in [1.54, 1.807) is 18.2 Å². The predicted octanol–water partition coefficient (Wildman–Crippen LogP) is 2.83. The van der Waals surface area contributed by atoms with Gasteiger partial charge < -0.3 is 19.3 Å². The molecule has 0 aromatic heterocycles. The van der Waals surface area contributed by atoms with Gasteiger partial charge in [-0.3, -0.25) is 4.79 Å². The molecule has 3 fully saturated rings. The minimum atomic E-state index is -0.637. The SMILES string of the molecule is COC(=O)/C=C/c1ccc(O)c(OCC23CCC(C)(CC2)OC3=O)c1. The summed E-state index contributed by atoms with van der Waals surface area (Å²) in [6.45, 7) is 2.14. The number of fused-ring (bicyclic) bond motifs is 3. The molecule has 0 atom stereocenters. The molecule has 25 heavy (non-hydrogen) atoms. The van der Waals surface area contributed by atoms with Gasteiger partial charge in [0.15, 0.2) is 11.5 Å². The Bertz CT molecular complexity index is 713. The third-order valence-corrected chi connectivity index (χ3v) is 5.14. The summed E-state index contributed by atoms with van der Waals surface area (Å²) in [5.41, 5.74) is -0.292. The van der Waals surface area contributed by atoms with Crippen molar-refractivity contribution in [1.29, 1.82) is 0 Å². The van der Waals surface area contributed by atoms with Gasteiger partial charge in [-0.1, -0.05) is 6.07 Å². The number of rotatable bonds is 5. The fourth-order valence-corrected chi connectivity index (χ4v) is 3.30. The molecule has 134 valence electrons. The molecule has 2 bridgehead atoms. The van der Waals surface area contributed by atoms with E-state index in [1.165, 1.54) is 19.3 Å². The van der Waals surface area contributed by atoms with Crippen LogP contribution in [0.3, 0.4) is 0 Å². The standard InChI is InChI=1S/C19H22O6/c1-18-7-9-19(10-8-18,17(22)25-18)12-24-15-11-13(3-5-14(15)20)4-6-16(21)23-2/h3-6,11,20H,7-10,12H2,1-2H3/b6-4+. The lowest BCUT2D eigenvalue weighted by Gasteiger charge is -2.49.